The van der Waals surface area contributed by atoms with Crippen LogP contribution in [-0.2, 0) is 16.0 Å². The van der Waals surface area contributed by atoms with Gasteiger partial charge < -0.3 is 28.2 Å². The van der Waals surface area contributed by atoms with Crippen LogP contribution in [0.2, 0.25) is 0 Å². The molecule has 3 aromatic rings. The van der Waals surface area contributed by atoms with Crippen molar-refractivity contribution >= 4 is 11.8 Å². The van der Waals surface area contributed by atoms with Crippen molar-refractivity contribution in [2.75, 3.05) is 44.4 Å². The zero-order chi connectivity index (χ0) is 22.6. The van der Waals surface area contributed by atoms with Crippen LogP contribution in [0.4, 0.5) is 5.88 Å². The van der Waals surface area contributed by atoms with Crippen molar-refractivity contribution in [2.45, 2.75) is 32.4 Å². The first-order valence-electron chi connectivity index (χ1n) is 11.5. The van der Waals surface area contributed by atoms with Gasteiger partial charge in [-0.05, 0) is 38.0 Å². The molecule has 2 saturated heterocycles. The lowest BCUT2D eigenvalue weighted by Gasteiger charge is -2.29. The van der Waals surface area contributed by atoms with E-state index in [-0.39, 0.29) is 12.0 Å². The minimum Gasteiger partial charge on any atom is -0.459 e. The predicted molar refractivity (Wildman–Crippen MR) is 122 cm³/mol. The highest BCUT2D eigenvalue weighted by Crippen LogP contribution is 2.34. The van der Waals surface area contributed by atoms with Crippen molar-refractivity contribution in [3.05, 3.63) is 59.5 Å². The third-order valence-electron chi connectivity index (χ3n) is 6.17. The fraction of sp³-hybridized carbons (Fsp3) is 0.440. The molecule has 0 aliphatic carbocycles. The molecular formula is C25H29N3O5. The quantitative estimate of drug-likeness (QED) is 0.539. The second kappa shape index (κ2) is 9.80. The lowest BCUT2D eigenvalue weighted by atomic mass is 10.0. The van der Waals surface area contributed by atoms with E-state index < -0.39 is 0 Å². The summed E-state index contributed by atoms with van der Waals surface area (Å²) in [5.74, 6) is 0.841. The molecule has 0 bridgehead atoms. The topological polar surface area (TPSA) is 81.2 Å². The molecule has 1 atom stereocenters. The van der Waals surface area contributed by atoms with Gasteiger partial charge in [0.25, 0.3) is 5.91 Å². The van der Waals surface area contributed by atoms with Gasteiger partial charge in [0.2, 0.25) is 5.88 Å². The molecule has 1 aromatic carbocycles. The smallest absolute Gasteiger partial charge is 0.289 e. The first-order chi connectivity index (χ1) is 16.2. The minimum atomic E-state index is -0.167. The summed E-state index contributed by atoms with van der Waals surface area (Å²) in [6.07, 6.45) is 3.48. The van der Waals surface area contributed by atoms with Gasteiger partial charge in [-0.15, -0.1) is 0 Å². The summed E-state index contributed by atoms with van der Waals surface area (Å²) in [6.45, 7) is 6.31. The van der Waals surface area contributed by atoms with E-state index in [4.69, 9.17) is 18.4 Å². The van der Waals surface area contributed by atoms with E-state index >= 15 is 0 Å². The van der Waals surface area contributed by atoms with Gasteiger partial charge in [0, 0.05) is 31.8 Å². The lowest BCUT2D eigenvalue weighted by molar-refractivity contribution is 0.0484. The molecule has 2 aromatic heterocycles. The van der Waals surface area contributed by atoms with E-state index in [9.17, 15) is 4.79 Å². The average Bonchev–Trinajstić information content (AvgIpc) is 3.61. The Morgan fingerprint density at radius 3 is 2.79 bits per heavy atom. The zero-order valence-corrected chi connectivity index (χ0v) is 18.9. The Morgan fingerprint density at radius 1 is 1.18 bits per heavy atom. The summed E-state index contributed by atoms with van der Waals surface area (Å²) < 4.78 is 22.7. The molecular weight excluding hydrogens is 422 g/mol. The number of amides is 1. The third kappa shape index (κ3) is 4.82. The van der Waals surface area contributed by atoms with Crippen LogP contribution in [0, 0.1) is 6.92 Å². The maximum atomic E-state index is 13.4. The van der Waals surface area contributed by atoms with Crippen molar-refractivity contribution in [1.82, 2.24) is 10.1 Å². The SMILES string of the molecule is Cc1cccc(-c2noc(N3CCOCC3)c2CN(C[C@H]2CCCO2)C(=O)c2ccco2)c1. The van der Waals surface area contributed by atoms with Gasteiger partial charge in [-0.3, -0.25) is 4.79 Å². The molecule has 8 heteroatoms. The number of ether oxygens (including phenoxy) is 2. The zero-order valence-electron chi connectivity index (χ0n) is 18.9. The molecule has 0 radical (unpaired) electrons. The molecule has 33 heavy (non-hydrogen) atoms. The normalized spacial score (nSPS) is 18.6. The standard InChI is InChI=1S/C25H29N3O5/c1-18-5-2-6-19(15-18)23-21(25(33-26-23)27-9-13-30-14-10-27)17-28(16-20-7-3-11-31-20)24(29)22-8-4-12-32-22/h2,4-6,8,12,15,20H,3,7,9-11,13-14,16-17H2,1H3/t20-/m1/s1. The van der Waals surface area contributed by atoms with Crippen molar-refractivity contribution in [2.24, 2.45) is 0 Å². The number of morpholine rings is 1. The van der Waals surface area contributed by atoms with Crippen LogP contribution in [0.5, 0.6) is 0 Å². The number of furan rings is 1. The number of aromatic nitrogens is 1. The Kier molecular flexibility index (Phi) is 6.46. The number of hydrogen-bond acceptors (Lipinski definition) is 7. The van der Waals surface area contributed by atoms with Crippen molar-refractivity contribution in [3.63, 3.8) is 0 Å². The van der Waals surface area contributed by atoms with Crippen LogP contribution in [0.1, 0.15) is 34.5 Å². The highest BCUT2D eigenvalue weighted by Gasteiger charge is 2.30. The first kappa shape index (κ1) is 21.7. The maximum absolute atomic E-state index is 13.4. The van der Waals surface area contributed by atoms with Gasteiger partial charge in [0.15, 0.2) is 5.76 Å². The molecule has 174 valence electrons. The molecule has 2 fully saturated rings. The molecule has 2 aliphatic rings. The van der Waals surface area contributed by atoms with Crippen LogP contribution >= 0.6 is 0 Å². The molecule has 5 rings (SSSR count). The lowest BCUT2D eigenvalue weighted by Crippen LogP contribution is -2.39. The molecule has 2 aliphatic heterocycles. The summed E-state index contributed by atoms with van der Waals surface area (Å²) in [7, 11) is 0. The van der Waals surface area contributed by atoms with E-state index in [2.05, 4.69) is 29.1 Å². The Morgan fingerprint density at radius 2 is 2.06 bits per heavy atom. The molecule has 8 nitrogen and oxygen atoms in total. The van der Waals surface area contributed by atoms with Crippen LogP contribution < -0.4 is 4.90 Å². The Hall–Kier alpha value is -3.10. The van der Waals surface area contributed by atoms with E-state index in [0.717, 1.165) is 41.8 Å². The molecule has 0 N–H and O–H groups in total. The fourth-order valence-electron chi connectivity index (χ4n) is 4.48. The average molecular weight is 452 g/mol. The van der Waals surface area contributed by atoms with Gasteiger partial charge in [-0.1, -0.05) is 28.9 Å². The molecule has 0 unspecified atom stereocenters. The fourth-order valence-corrected chi connectivity index (χ4v) is 4.48. The second-order valence-electron chi connectivity index (χ2n) is 8.58. The Bertz CT molecular complexity index is 1070. The summed E-state index contributed by atoms with van der Waals surface area (Å²) in [6, 6.07) is 11.6. The van der Waals surface area contributed by atoms with Crippen LogP contribution in [0.25, 0.3) is 11.3 Å². The monoisotopic (exact) mass is 451 g/mol. The highest BCUT2D eigenvalue weighted by atomic mass is 16.5. The Labute approximate surface area is 193 Å². The van der Waals surface area contributed by atoms with E-state index in [1.54, 1.807) is 17.0 Å². The van der Waals surface area contributed by atoms with Crippen molar-refractivity contribution in [1.29, 1.82) is 0 Å². The van der Waals surface area contributed by atoms with Gasteiger partial charge >= 0.3 is 0 Å². The van der Waals surface area contributed by atoms with E-state index in [1.165, 1.54) is 6.26 Å². The largest absolute Gasteiger partial charge is 0.459 e. The number of carbonyl (C=O) groups excluding carboxylic acids is 1. The Balaban J connectivity index is 1.52. The number of anilines is 1. The summed E-state index contributed by atoms with van der Waals surface area (Å²) in [5.41, 5.74) is 3.75. The molecule has 0 saturated carbocycles. The van der Waals surface area contributed by atoms with E-state index in [0.29, 0.717) is 51.0 Å². The minimum absolute atomic E-state index is 0.0121. The molecule has 1 amide bonds. The van der Waals surface area contributed by atoms with Gasteiger partial charge in [0.05, 0.1) is 37.7 Å². The molecule has 0 spiro atoms. The number of rotatable bonds is 7. The maximum Gasteiger partial charge on any atom is 0.289 e. The van der Waals surface area contributed by atoms with Crippen molar-refractivity contribution < 1.29 is 23.2 Å². The second-order valence-corrected chi connectivity index (χ2v) is 8.58. The van der Waals surface area contributed by atoms with Gasteiger partial charge in [-0.25, -0.2) is 0 Å². The van der Waals surface area contributed by atoms with Crippen molar-refractivity contribution in [3.8, 4) is 11.3 Å². The highest BCUT2D eigenvalue weighted by molar-refractivity contribution is 5.91. The number of hydrogen-bond donors (Lipinski definition) is 0. The number of benzene rings is 1. The first-order valence-corrected chi connectivity index (χ1v) is 11.5. The number of aryl methyl sites for hydroxylation is 1. The van der Waals surface area contributed by atoms with E-state index in [1.807, 2.05) is 12.1 Å². The summed E-state index contributed by atoms with van der Waals surface area (Å²) in [4.78, 5) is 17.3. The summed E-state index contributed by atoms with van der Waals surface area (Å²) >= 11 is 0. The van der Waals surface area contributed by atoms with Gasteiger partial charge in [-0.2, -0.15) is 0 Å². The summed E-state index contributed by atoms with van der Waals surface area (Å²) in [5, 5.41) is 4.46. The predicted octanol–water partition coefficient (Wildman–Crippen LogP) is 3.90. The van der Waals surface area contributed by atoms with Crippen LogP contribution in [0.15, 0.2) is 51.6 Å². The number of nitrogens with zero attached hydrogens (tertiary/aromatic N) is 3. The van der Waals surface area contributed by atoms with Crippen LogP contribution in [-0.4, -0.2) is 61.5 Å². The third-order valence-corrected chi connectivity index (χ3v) is 6.17. The van der Waals surface area contributed by atoms with Crippen LogP contribution in [0.3, 0.4) is 0 Å². The molecule has 4 heterocycles. The van der Waals surface area contributed by atoms with Gasteiger partial charge in [0.1, 0.15) is 5.69 Å². The number of carbonyl (C=O) groups is 1.